The number of rotatable bonds is 8. The number of carbonyl (C=O) groups excluding carboxylic acids is 1. The van der Waals surface area contributed by atoms with Crippen LogP contribution in [-0.4, -0.2) is 37.0 Å². The molecular formula is C20H28N2OS. The molecule has 1 amide bonds. The summed E-state index contributed by atoms with van der Waals surface area (Å²) in [5.74, 6) is 0.112. The van der Waals surface area contributed by atoms with Crippen LogP contribution in [-0.2, 0) is 6.42 Å². The van der Waals surface area contributed by atoms with Gasteiger partial charge in [-0.15, -0.1) is 11.3 Å². The normalized spacial score (nSPS) is 15.2. The molecule has 1 aromatic carbocycles. The molecule has 0 saturated carbocycles. The Labute approximate surface area is 149 Å². The Hall–Kier alpha value is -1.39. The number of nitrogens with zero attached hydrogens (tertiary/aromatic N) is 1. The second-order valence-corrected chi connectivity index (χ2v) is 7.72. The highest BCUT2D eigenvalue weighted by Crippen LogP contribution is 2.32. The highest BCUT2D eigenvalue weighted by Gasteiger charge is 2.17. The molecule has 4 heteroatoms. The molecule has 1 aromatic heterocycles. The van der Waals surface area contributed by atoms with Gasteiger partial charge >= 0.3 is 0 Å². The molecule has 130 valence electrons. The van der Waals surface area contributed by atoms with Crippen LogP contribution in [0, 0.1) is 0 Å². The van der Waals surface area contributed by atoms with Gasteiger partial charge in [-0.25, -0.2) is 0 Å². The molecule has 0 bridgehead atoms. The van der Waals surface area contributed by atoms with Crippen molar-refractivity contribution in [1.29, 1.82) is 0 Å². The van der Waals surface area contributed by atoms with E-state index in [1.54, 1.807) is 11.3 Å². The van der Waals surface area contributed by atoms with E-state index in [2.05, 4.69) is 41.4 Å². The number of aryl methyl sites for hydroxylation is 1. The monoisotopic (exact) mass is 344 g/mol. The number of fused-ring (bicyclic) bond motifs is 1. The lowest BCUT2D eigenvalue weighted by molar-refractivity contribution is 0.0956. The molecule has 0 radical (unpaired) electrons. The van der Waals surface area contributed by atoms with Crippen molar-refractivity contribution in [3.8, 4) is 0 Å². The summed E-state index contributed by atoms with van der Waals surface area (Å²) in [6.45, 7) is 6.65. The Bertz CT molecular complexity index is 673. The van der Waals surface area contributed by atoms with Gasteiger partial charge in [-0.05, 0) is 68.8 Å². The van der Waals surface area contributed by atoms with Gasteiger partial charge < -0.3 is 10.2 Å². The van der Waals surface area contributed by atoms with Crippen LogP contribution in [0.4, 0.5) is 0 Å². The fourth-order valence-corrected chi connectivity index (χ4v) is 4.70. The number of hydrogen-bond donors (Lipinski definition) is 1. The van der Waals surface area contributed by atoms with Crippen LogP contribution in [0.15, 0.2) is 24.3 Å². The van der Waals surface area contributed by atoms with Gasteiger partial charge in [-0.1, -0.05) is 31.5 Å². The fourth-order valence-electron chi connectivity index (χ4n) is 3.53. The van der Waals surface area contributed by atoms with Crippen LogP contribution in [0.2, 0.25) is 0 Å². The summed E-state index contributed by atoms with van der Waals surface area (Å²) in [4.78, 5) is 16.1. The quantitative estimate of drug-likeness (QED) is 0.717. The third-order valence-corrected chi connectivity index (χ3v) is 6.00. The number of unbranched alkanes of at least 4 members (excludes halogenated alkanes) is 1. The van der Waals surface area contributed by atoms with E-state index in [9.17, 15) is 4.79 Å². The molecule has 0 spiro atoms. The number of hydrogen-bond acceptors (Lipinski definition) is 3. The maximum Gasteiger partial charge on any atom is 0.261 e. The Kier molecular flexibility index (Phi) is 6.27. The predicted octanol–water partition coefficient (Wildman–Crippen LogP) is 4.46. The minimum atomic E-state index is 0.112. The van der Waals surface area contributed by atoms with Gasteiger partial charge in [0.15, 0.2) is 0 Å². The molecule has 0 unspecified atom stereocenters. The highest BCUT2D eigenvalue weighted by atomic mass is 32.1. The number of likely N-dealkylation sites (tertiary alicyclic amines) is 1. The standard InChI is InChI=1S/C20H28N2OS/c1-2-9-17-16-10-3-4-11-18(16)24-19(17)20(23)21-12-5-6-13-22-14-7-8-15-22/h3-4,10-11H,2,5-9,12-15H2,1H3,(H,21,23). The SMILES string of the molecule is CCCc1c(C(=O)NCCCCN2CCCC2)sc2ccccc12. The smallest absolute Gasteiger partial charge is 0.261 e. The van der Waals surface area contributed by atoms with Crippen LogP contribution < -0.4 is 5.32 Å². The van der Waals surface area contributed by atoms with Crippen LogP contribution in [0.3, 0.4) is 0 Å². The molecule has 1 N–H and O–H groups in total. The van der Waals surface area contributed by atoms with E-state index in [4.69, 9.17) is 0 Å². The zero-order valence-corrected chi connectivity index (χ0v) is 15.5. The summed E-state index contributed by atoms with van der Waals surface area (Å²) >= 11 is 1.64. The molecule has 1 fully saturated rings. The minimum absolute atomic E-state index is 0.112. The maximum atomic E-state index is 12.6. The molecule has 0 aliphatic carbocycles. The van der Waals surface area contributed by atoms with Crippen molar-refractivity contribution < 1.29 is 4.79 Å². The average molecular weight is 345 g/mol. The molecule has 3 nitrogen and oxygen atoms in total. The molecule has 2 aromatic rings. The first kappa shape index (κ1) is 17.4. The Balaban J connectivity index is 1.54. The number of amides is 1. The van der Waals surface area contributed by atoms with Crippen molar-refractivity contribution in [1.82, 2.24) is 10.2 Å². The Morgan fingerprint density at radius 3 is 2.79 bits per heavy atom. The second-order valence-electron chi connectivity index (χ2n) is 6.67. The van der Waals surface area contributed by atoms with Crippen LogP contribution in [0.1, 0.15) is 54.3 Å². The van der Waals surface area contributed by atoms with Crippen molar-refractivity contribution in [2.45, 2.75) is 45.4 Å². The molecule has 1 saturated heterocycles. The zero-order chi connectivity index (χ0) is 16.8. The highest BCUT2D eigenvalue weighted by molar-refractivity contribution is 7.21. The van der Waals surface area contributed by atoms with E-state index >= 15 is 0 Å². The molecule has 3 rings (SSSR count). The number of thiophene rings is 1. The molecule has 0 atom stereocenters. The Morgan fingerprint density at radius 1 is 1.21 bits per heavy atom. The van der Waals surface area contributed by atoms with E-state index in [1.807, 2.05) is 0 Å². The predicted molar refractivity (Wildman–Crippen MR) is 103 cm³/mol. The van der Waals surface area contributed by atoms with Gasteiger partial charge in [0.2, 0.25) is 0 Å². The largest absolute Gasteiger partial charge is 0.351 e. The van der Waals surface area contributed by atoms with E-state index in [0.29, 0.717) is 0 Å². The molecule has 1 aliphatic heterocycles. The van der Waals surface area contributed by atoms with E-state index < -0.39 is 0 Å². The van der Waals surface area contributed by atoms with E-state index in [0.717, 1.165) is 30.7 Å². The average Bonchev–Trinajstić information content (AvgIpc) is 3.23. The van der Waals surface area contributed by atoms with Crippen molar-refractivity contribution in [2.24, 2.45) is 0 Å². The van der Waals surface area contributed by atoms with Crippen molar-refractivity contribution >= 4 is 27.3 Å². The first-order valence-corrected chi connectivity index (χ1v) is 10.1. The van der Waals surface area contributed by atoms with Crippen LogP contribution in [0.25, 0.3) is 10.1 Å². The summed E-state index contributed by atoms with van der Waals surface area (Å²) in [5.41, 5.74) is 1.23. The topological polar surface area (TPSA) is 32.3 Å². The van der Waals surface area contributed by atoms with Crippen LogP contribution in [0.5, 0.6) is 0 Å². The molecule has 1 aliphatic rings. The lowest BCUT2D eigenvalue weighted by Crippen LogP contribution is -2.26. The van der Waals surface area contributed by atoms with Gasteiger partial charge in [0.05, 0.1) is 4.88 Å². The molecule has 2 heterocycles. The second kappa shape index (κ2) is 8.63. The van der Waals surface area contributed by atoms with Gasteiger partial charge in [0, 0.05) is 11.2 Å². The minimum Gasteiger partial charge on any atom is -0.351 e. The zero-order valence-electron chi connectivity index (χ0n) is 14.6. The fraction of sp³-hybridized carbons (Fsp3) is 0.550. The van der Waals surface area contributed by atoms with Gasteiger partial charge in [-0.2, -0.15) is 0 Å². The van der Waals surface area contributed by atoms with Crippen molar-refractivity contribution in [3.63, 3.8) is 0 Å². The third kappa shape index (κ3) is 4.17. The number of benzene rings is 1. The van der Waals surface area contributed by atoms with Crippen molar-refractivity contribution in [3.05, 3.63) is 34.7 Å². The number of carbonyl (C=O) groups is 1. The Morgan fingerprint density at radius 2 is 2.00 bits per heavy atom. The molecule has 24 heavy (non-hydrogen) atoms. The summed E-state index contributed by atoms with van der Waals surface area (Å²) < 4.78 is 1.22. The molecular weight excluding hydrogens is 316 g/mol. The lowest BCUT2D eigenvalue weighted by atomic mass is 10.1. The summed E-state index contributed by atoms with van der Waals surface area (Å²) in [5, 5.41) is 4.39. The van der Waals surface area contributed by atoms with Crippen LogP contribution >= 0.6 is 11.3 Å². The van der Waals surface area contributed by atoms with Gasteiger partial charge in [0.25, 0.3) is 5.91 Å². The summed E-state index contributed by atoms with van der Waals surface area (Å²) in [7, 11) is 0. The first-order chi connectivity index (χ1) is 11.8. The summed E-state index contributed by atoms with van der Waals surface area (Å²) in [6, 6.07) is 8.37. The van der Waals surface area contributed by atoms with E-state index in [-0.39, 0.29) is 5.91 Å². The number of nitrogens with one attached hydrogen (secondary N) is 1. The lowest BCUT2D eigenvalue weighted by Gasteiger charge is -2.14. The van der Waals surface area contributed by atoms with Gasteiger partial charge in [0.1, 0.15) is 0 Å². The van der Waals surface area contributed by atoms with Crippen molar-refractivity contribution in [2.75, 3.05) is 26.2 Å². The first-order valence-electron chi connectivity index (χ1n) is 9.30. The third-order valence-electron chi connectivity index (χ3n) is 4.79. The summed E-state index contributed by atoms with van der Waals surface area (Å²) in [6.07, 6.45) is 6.98. The van der Waals surface area contributed by atoms with E-state index in [1.165, 1.54) is 54.5 Å². The van der Waals surface area contributed by atoms with Gasteiger partial charge in [-0.3, -0.25) is 4.79 Å². The maximum absolute atomic E-state index is 12.6.